The Hall–Kier alpha value is -1.67. The van der Waals surface area contributed by atoms with E-state index >= 15 is 0 Å². The average molecular weight is 299 g/mol. The third-order valence-electron chi connectivity index (χ3n) is 3.04. The van der Waals surface area contributed by atoms with Gasteiger partial charge in [-0.25, -0.2) is 0 Å². The Kier molecular flexibility index (Phi) is 3.11. The molecule has 0 saturated heterocycles. The minimum Gasteiger partial charge on any atom is -0.194 e. The van der Waals surface area contributed by atoms with Gasteiger partial charge < -0.3 is 0 Å². The van der Waals surface area contributed by atoms with Gasteiger partial charge in [-0.3, -0.25) is 0 Å². The molecule has 0 fully saturated rings. The Labute approximate surface area is 115 Å². The van der Waals surface area contributed by atoms with E-state index in [2.05, 4.69) is 81.3 Å². The lowest BCUT2D eigenvalue weighted by Gasteiger charge is -2.02. The van der Waals surface area contributed by atoms with E-state index in [0.717, 1.165) is 11.0 Å². The first-order valence-corrected chi connectivity index (χ1v) is 6.74. The summed E-state index contributed by atoms with van der Waals surface area (Å²) in [7, 11) is 0. The fraction of sp³-hybridized carbons (Fsp3) is 0.0625. The maximum absolute atomic E-state index is 3.54. The molecule has 1 nitrogen and oxygen atoms in total. The molecule has 3 aromatic rings. The van der Waals surface area contributed by atoms with Crippen LogP contribution in [0.1, 0.15) is 5.56 Å². The van der Waals surface area contributed by atoms with E-state index in [1.807, 2.05) is 6.07 Å². The van der Waals surface area contributed by atoms with Crippen LogP contribution < -0.4 is 4.57 Å². The van der Waals surface area contributed by atoms with Crippen molar-refractivity contribution in [3.63, 3.8) is 0 Å². The van der Waals surface area contributed by atoms with Crippen molar-refractivity contribution in [3.05, 3.63) is 76.9 Å². The first-order chi connectivity index (χ1) is 8.83. The van der Waals surface area contributed by atoms with Crippen molar-refractivity contribution in [2.24, 2.45) is 0 Å². The summed E-state index contributed by atoms with van der Waals surface area (Å²) in [5.74, 6) is 0. The summed E-state index contributed by atoms with van der Waals surface area (Å²) in [6.45, 7) is 0.897. The Balaban J connectivity index is 2.09. The standard InChI is InChI=1S/C16H13BrN/c17-15-9-8-14-7-4-10-18(16(14)11-15)12-13-5-2-1-3-6-13/h1-11H,12H2/q+1. The Bertz CT molecular complexity index is 677. The molecule has 18 heavy (non-hydrogen) atoms. The number of pyridine rings is 1. The van der Waals surface area contributed by atoms with E-state index in [0.29, 0.717) is 0 Å². The number of rotatable bonds is 2. The summed E-state index contributed by atoms with van der Waals surface area (Å²) < 4.78 is 3.39. The van der Waals surface area contributed by atoms with E-state index < -0.39 is 0 Å². The van der Waals surface area contributed by atoms with E-state index in [9.17, 15) is 0 Å². The summed E-state index contributed by atoms with van der Waals surface area (Å²) >= 11 is 3.54. The predicted octanol–water partition coefficient (Wildman–Crippen LogP) is 3.94. The molecular weight excluding hydrogens is 286 g/mol. The third-order valence-corrected chi connectivity index (χ3v) is 3.53. The second-order valence-electron chi connectivity index (χ2n) is 4.32. The smallest absolute Gasteiger partial charge is 0.194 e. The fourth-order valence-corrected chi connectivity index (χ4v) is 2.50. The Morgan fingerprint density at radius 3 is 2.56 bits per heavy atom. The van der Waals surface area contributed by atoms with Gasteiger partial charge >= 0.3 is 0 Å². The van der Waals surface area contributed by atoms with Crippen molar-refractivity contribution >= 4 is 26.8 Å². The fourth-order valence-electron chi connectivity index (χ4n) is 2.16. The molecule has 1 aromatic heterocycles. The van der Waals surface area contributed by atoms with Gasteiger partial charge in [-0.2, -0.15) is 4.57 Å². The number of nitrogens with zero attached hydrogens (tertiary/aromatic N) is 1. The zero-order chi connectivity index (χ0) is 12.4. The van der Waals surface area contributed by atoms with Gasteiger partial charge in [0.2, 0.25) is 5.52 Å². The molecule has 0 amide bonds. The largest absolute Gasteiger partial charge is 0.213 e. The summed E-state index contributed by atoms with van der Waals surface area (Å²) in [6, 6.07) is 21.1. The van der Waals surface area contributed by atoms with E-state index in [-0.39, 0.29) is 0 Å². The van der Waals surface area contributed by atoms with Gasteiger partial charge in [0.05, 0.1) is 0 Å². The number of benzene rings is 2. The molecule has 0 aliphatic carbocycles. The van der Waals surface area contributed by atoms with Crippen LogP contribution in [0.5, 0.6) is 0 Å². The zero-order valence-electron chi connectivity index (χ0n) is 9.88. The van der Waals surface area contributed by atoms with E-state index in [1.54, 1.807) is 0 Å². The van der Waals surface area contributed by atoms with E-state index in [4.69, 9.17) is 0 Å². The van der Waals surface area contributed by atoms with Gasteiger partial charge in [0.1, 0.15) is 0 Å². The van der Waals surface area contributed by atoms with Crippen LogP contribution in [0.4, 0.5) is 0 Å². The minimum atomic E-state index is 0.897. The Morgan fingerprint density at radius 1 is 0.889 bits per heavy atom. The molecule has 88 valence electrons. The van der Waals surface area contributed by atoms with Gasteiger partial charge in [0, 0.05) is 27.6 Å². The van der Waals surface area contributed by atoms with Crippen molar-refractivity contribution in [1.82, 2.24) is 0 Å². The third kappa shape index (κ3) is 2.29. The highest BCUT2D eigenvalue weighted by Gasteiger charge is 2.09. The lowest BCUT2D eigenvalue weighted by Crippen LogP contribution is -2.34. The molecule has 0 radical (unpaired) electrons. The maximum Gasteiger partial charge on any atom is 0.213 e. The van der Waals surface area contributed by atoms with Crippen LogP contribution in [0.3, 0.4) is 0 Å². The molecule has 2 heteroatoms. The normalized spacial score (nSPS) is 10.7. The maximum atomic E-state index is 3.54. The lowest BCUT2D eigenvalue weighted by atomic mass is 10.2. The van der Waals surface area contributed by atoms with Crippen LogP contribution in [-0.2, 0) is 6.54 Å². The molecule has 0 unspecified atom stereocenters. The molecule has 1 heterocycles. The molecular formula is C16H13BrN+. The number of hydrogen-bond donors (Lipinski definition) is 0. The highest BCUT2D eigenvalue weighted by Crippen LogP contribution is 2.16. The van der Waals surface area contributed by atoms with Crippen LogP contribution in [-0.4, -0.2) is 0 Å². The van der Waals surface area contributed by atoms with E-state index in [1.165, 1.54) is 16.5 Å². The highest BCUT2D eigenvalue weighted by atomic mass is 79.9. The monoisotopic (exact) mass is 298 g/mol. The number of halogens is 1. The van der Waals surface area contributed by atoms with Gasteiger partial charge in [-0.15, -0.1) is 0 Å². The molecule has 0 saturated carbocycles. The van der Waals surface area contributed by atoms with Crippen molar-refractivity contribution in [1.29, 1.82) is 0 Å². The number of hydrogen-bond acceptors (Lipinski definition) is 0. The summed E-state index contributed by atoms with van der Waals surface area (Å²) in [6.07, 6.45) is 2.13. The van der Waals surface area contributed by atoms with Gasteiger partial charge in [-0.05, 0) is 18.2 Å². The minimum absolute atomic E-state index is 0.897. The molecule has 0 aliphatic heterocycles. The first kappa shape index (κ1) is 11.4. The molecule has 0 aliphatic rings. The van der Waals surface area contributed by atoms with Crippen molar-refractivity contribution in [3.8, 4) is 0 Å². The Morgan fingerprint density at radius 2 is 1.72 bits per heavy atom. The van der Waals surface area contributed by atoms with Crippen LogP contribution >= 0.6 is 15.9 Å². The molecule has 0 spiro atoms. The summed E-state index contributed by atoms with van der Waals surface area (Å²) in [5, 5.41) is 1.26. The van der Waals surface area contributed by atoms with Crippen LogP contribution in [0, 0.1) is 0 Å². The number of fused-ring (bicyclic) bond motifs is 1. The van der Waals surface area contributed by atoms with Crippen molar-refractivity contribution in [2.45, 2.75) is 6.54 Å². The quantitative estimate of drug-likeness (QED) is 0.631. The SMILES string of the molecule is Brc1ccc2ccc[n+](Cc3ccccc3)c2c1. The topological polar surface area (TPSA) is 3.88 Å². The highest BCUT2D eigenvalue weighted by molar-refractivity contribution is 9.10. The molecule has 0 N–H and O–H groups in total. The van der Waals surface area contributed by atoms with Gasteiger partial charge in [0.25, 0.3) is 0 Å². The average Bonchev–Trinajstić information content (AvgIpc) is 2.41. The van der Waals surface area contributed by atoms with Crippen LogP contribution in [0.2, 0.25) is 0 Å². The molecule has 3 rings (SSSR count). The predicted molar refractivity (Wildman–Crippen MR) is 77.4 cm³/mol. The van der Waals surface area contributed by atoms with Gasteiger partial charge in [-0.1, -0.05) is 46.3 Å². The summed E-state index contributed by atoms with van der Waals surface area (Å²) in [4.78, 5) is 0. The molecule has 0 atom stereocenters. The van der Waals surface area contributed by atoms with Gasteiger partial charge in [0.15, 0.2) is 12.7 Å². The molecule has 2 aromatic carbocycles. The second kappa shape index (κ2) is 4.91. The van der Waals surface area contributed by atoms with Crippen molar-refractivity contribution < 1.29 is 4.57 Å². The first-order valence-electron chi connectivity index (χ1n) is 5.94. The number of aromatic nitrogens is 1. The lowest BCUT2D eigenvalue weighted by molar-refractivity contribution is -0.662. The zero-order valence-corrected chi connectivity index (χ0v) is 11.5. The molecule has 0 bridgehead atoms. The van der Waals surface area contributed by atoms with Crippen molar-refractivity contribution in [2.75, 3.05) is 0 Å². The van der Waals surface area contributed by atoms with Crippen LogP contribution in [0.15, 0.2) is 71.3 Å². The second-order valence-corrected chi connectivity index (χ2v) is 5.24. The van der Waals surface area contributed by atoms with Crippen LogP contribution in [0.25, 0.3) is 10.9 Å². The summed E-state index contributed by atoms with van der Waals surface area (Å²) in [5.41, 5.74) is 2.56.